The third-order valence-electron chi connectivity index (χ3n) is 5.04. The van der Waals surface area contributed by atoms with Gasteiger partial charge >= 0.3 is 0 Å². The lowest BCUT2D eigenvalue weighted by atomic mass is 10.1. The molecule has 6 nitrogen and oxygen atoms in total. The summed E-state index contributed by atoms with van der Waals surface area (Å²) in [5.74, 6) is 0.203. The van der Waals surface area contributed by atoms with E-state index >= 15 is 0 Å². The van der Waals surface area contributed by atoms with E-state index in [1.54, 1.807) is 12.1 Å². The first-order valence-corrected chi connectivity index (χ1v) is 10.1. The first kappa shape index (κ1) is 19.8. The van der Waals surface area contributed by atoms with Crippen molar-refractivity contribution in [1.82, 2.24) is 10.6 Å². The zero-order valence-electron chi connectivity index (χ0n) is 16.6. The van der Waals surface area contributed by atoms with Crippen molar-refractivity contribution in [2.24, 2.45) is 0 Å². The van der Waals surface area contributed by atoms with Gasteiger partial charge in [0.1, 0.15) is 11.5 Å². The number of phenolic OH excluding ortho intramolecular Hbond substituents is 1. The molecule has 154 valence electrons. The van der Waals surface area contributed by atoms with E-state index in [0.717, 1.165) is 29.2 Å². The van der Waals surface area contributed by atoms with Crippen molar-refractivity contribution < 1.29 is 19.4 Å². The molecule has 1 saturated carbocycles. The number of nitrogens with one attached hydrogen (secondary N) is 2. The van der Waals surface area contributed by atoms with E-state index in [1.165, 1.54) is 0 Å². The highest BCUT2D eigenvalue weighted by molar-refractivity contribution is 6.01. The number of carbonyl (C=O) groups is 2. The number of phenols is 1. The third kappa shape index (κ3) is 5.08. The van der Waals surface area contributed by atoms with E-state index in [-0.39, 0.29) is 29.7 Å². The molecule has 0 saturated heterocycles. The van der Waals surface area contributed by atoms with Gasteiger partial charge in [0, 0.05) is 12.6 Å². The Bertz CT molecular complexity index is 1060. The van der Waals surface area contributed by atoms with E-state index in [1.807, 2.05) is 48.5 Å². The second kappa shape index (κ2) is 8.86. The van der Waals surface area contributed by atoms with E-state index in [2.05, 4.69) is 10.6 Å². The Morgan fingerprint density at radius 3 is 2.40 bits per heavy atom. The van der Waals surface area contributed by atoms with Gasteiger partial charge in [0.05, 0.1) is 5.56 Å². The molecule has 1 aliphatic rings. The van der Waals surface area contributed by atoms with Crippen LogP contribution in [-0.2, 0) is 11.2 Å². The lowest BCUT2D eigenvalue weighted by molar-refractivity contribution is -0.123. The first-order valence-electron chi connectivity index (χ1n) is 10.1. The molecule has 0 atom stereocenters. The summed E-state index contributed by atoms with van der Waals surface area (Å²) < 4.78 is 5.49. The topological polar surface area (TPSA) is 87.7 Å². The second-order valence-corrected chi connectivity index (χ2v) is 7.50. The fraction of sp³-hybridized carbons (Fsp3) is 0.250. The van der Waals surface area contributed by atoms with Crippen molar-refractivity contribution in [3.63, 3.8) is 0 Å². The summed E-state index contributed by atoms with van der Waals surface area (Å²) in [6, 6.07) is 18.7. The monoisotopic (exact) mass is 404 g/mol. The van der Waals surface area contributed by atoms with Crippen LogP contribution >= 0.6 is 0 Å². The van der Waals surface area contributed by atoms with Gasteiger partial charge in [-0.2, -0.15) is 0 Å². The van der Waals surface area contributed by atoms with Crippen LogP contribution in [0.5, 0.6) is 11.5 Å². The van der Waals surface area contributed by atoms with Crippen LogP contribution < -0.4 is 15.4 Å². The Labute approximate surface area is 174 Å². The number of aromatic hydroxyl groups is 1. The molecule has 1 aliphatic carbocycles. The zero-order valence-corrected chi connectivity index (χ0v) is 16.6. The number of amides is 2. The average Bonchev–Trinajstić information content (AvgIpc) is 3.56. The van der Waals surface area contributed by atoms with Crippen LogP contribution in [0.25, 0.3) is 10.8 Å². The molecule has 1 fully saturated rings. The van der Waals surface area contributed by atoms with Crippen LogP contribution in [0.2, 0.25) is 0 Å². The maximum Gasteiger partial charge on any atom is 0.258 e. The fourth-order valence-electron chi connectivity index (χ4n) is 3.22. The van der Waals surface area contributed by atoms with Crippen molar-refractivity contribution in [1.29, 1.82) is 0 Å². The minimum absolute atomic E-state index is 0.0150. The Kier molecular flexibility index (Phi) is 5.84. The molecule has 0 bridgehead atoms. The predicted octanol–water partition coefficient (Wildman–Crippen LogP) is 3.18. The van der Waals surface area contributed by atoms with Crippen molar-refractivity contribution in [2.75, 3.05) is 13.2 Å². The van der Waals surface area contributed by atoms with Gasteiger partial charge in [-0.25, -0.2) is 0 Å². The highest BCUT2D eigenvalue weighted by atomic mass is 16.5. The normalized spacial score (nSPS) is 13.1. The highest BCUT2D eigenvalue weighted by Gasteiger charge is 2.23. The molecule has 6 heteroatoms. The molecule has 3 N–H and O–H groups in total. The summed E-state index contributed by atoms with van der Waals surface area (Å²) in [6.07, 6.45) is 2.75. The number of benzene rings is 3. The van der Waals surface area contributed by atoms with E-state index in [4.69, 9.17) is 4.74 Å². The maximum atomic E-state index is 12.5. The van der Waals surface area contributed by atoms with Crippen LogP contribution in [-0.4, -0.2) is 36.1 Å². The number of hydrogen-bond acceptors (Lipinski definition) is 4. The zero-order chi connectivity index (χ0) is 20.9. The van der Waals surface area contributed by atoms with E-state index in [9.17, 15) is 14.7 Å². The first-order chi connectivity index (χ1) is 14.6. The molecule has 3 aromatic rings. The van der Waals surface area contributed by atoms with E-state index in [0.29, 0.717) is 24.8 Å². The van der Waals surface area contributed by atoms with Crippen LogP contribution in [0, 0.1) is 0 Å². The van der Waals surface area contributed by atoms with Gasteiger partial charge < -0.3 is 20.5 Å². The fourth-order valence-corrected chi connectivity index (χ4v) is 3.22. The van der Waals surface area contributed by atoms with Crippen molar-refractivity contribution >= 4 is 22.6 Å². The van der Waals surface area contributed by atoms with Gasteiger partial charge in [0.2, 0.25) is 0 Å². The van der Waals surface area contributed by atoms with Crippen molar-refractivity contribution in [2.45, 2.75) is 25.3 Å². The quantitative estimate of drug-likeness (QED) is 0.538. The molecule has 4 rings (SSSR count). The predicted molar refractivity (Wildman–Crippen MR) is 115 cm³/mol. The Balaban J connectivity index is 1.26. The Hall–Kier alpha value is -3.54. The molecule has 0 aliphatic heterocycles. The van der Waals surface area contributed by atoms with Crippen LogP contribution in [0.15, 0.2) is 60.7 Å². The lowest BCUT2D eigenvalue weighted by Gasteiger charge is -2.10. The van der Waals surface area contributed by atoms with Crippen LogP contribution in [0.3, 0.4) is 0 Å². The molecule has 3 aromatic carbocycles. The smallest absolute Gasteiger partial charge is 0.258 e. The summed E-state index contributed by atoms with van der Waals surface area (Å²) in [5, 5.41) is 17.7. The minimum Gasteiger partial charge on any atom is -0.507 e. The minimum atomic E-state index is -0.306. The van der Waals surface area contributed by atoms with Gasteiger partial charge in [-0.15, -0.1) is 0 Å². The summed E-state index contributed by atoms with van der Waals surface area (Å²) in [7, 11) is 0. The largest absolute Gasteiger partial charge is 0.507 e. The Morgan fingerprint density at radius 1 is 1.00 bits per heavy atom. The standard InChI is InChI=1S/C24H24N2O4/c27-22-14-18-4-2-1-3-17(18)13-21(22)24(29)25-12-11-16-5-9-20(10-6-16)30-15-23(28)26-19-7-8-19/h1-6,9-10,13-14,19,27H,7-8,11-12,15H2,(H,25,29)(H,26,28). The molecular formula is C24H24N2O4. The molecule has 0 spiro atoms. The Morgan fingerprint density at radius 2 is 1.70 bits per heavy atom. The van der Waals surface area contributed by atoms with Gasteiger partial charge in [-0.1, -0.05) is 36.4 Å². The average molecular weight is 404 g/mol. The van der Waals surface area contributed by atoms with Crippen molar-refractivity contribution in [3.8, 4) is 11.5 Å². The summed E-state index contributed by atoms with van der Waals surface area (Å²) in [5.41, 5.74) is 1.30. The maximum absolute atomic E-state index is 12.5. The van der Waals surface area contributed by atoms with Crippen LogP contribution in [0.1, 0.15) is 28.8 Å². The van der Waals surface area contributed by atoms with Gasteiger partial charge in [0.15, 0.2) is 6.61 Å². The number of fused-ring (bicyclic) bond motifs is 1. The number of carbonyl (C=O) groups excluding carboxylic acids is 2. The number of hydrogen-bond donors (Lipinski definition) is 3. The molecular weight excluding hydrogens is 380 g/mol. The molecule has 0 aromatic heterocycles. The third-order valence-corrected chi connectivity index (χ3v) is 5.04. The highest BCUT2D eigenvalue weighted by Crippen LogP contribution is 2.25. The SMILES string of the molecule is O=C(COc1ccc(CCNC(=O)c2cc3ccccc3cc2O)cc1)NC1CC1. The number of ether oxygens (including phenoxy) is 1. The van der Waals surface area contributed by atoms with Crippen molar-refractivity contribution in [3.05, 3.63) is 71.8 Å². The van der Waals surface area contributed by atoms with Gasteiger partial charge in [-0.3, -0.25) is 9.59 Å². The molecule has 0 unspecified atom stereocenters. The van der Waals surface area contributed by atoms with E-state index < -0.39 is 0 Å². The lowest BCUT2D eigenvalue weighted by Crippen LogP contribution is -2.30. The summed E-state index contributed by atoms with van der Waals surface area (Å²) >= 11 is 0. The van der Waals surface area contributed by atoms with Gasteiger partial charge in [-0.05, 0) is 59.9 Å². The molecule has 2 amide bonds. The van der Waals surface area contributed by atoms with Crippen LogP contribution in [0.4, 0.5) is 0 Å². The molecule has 30 heavy (non-hydrogen) atoms. The number of rotatable bonds is 8. The molecule has 0 heterocycles. The summed E-state index contributed by atoms with van der Waals surface area (Å²) in [4.78, 5) is 24.1. The van der Waals surface area contributed by atoms with Gasteiger partial charge in [0.25, 0.3) is 11.8 Å². The second-order valence-electron chi connectivity index (χ2n) is 7.50. The summed E-state index contributed by atoms with van der Waals surface area (Å²) in [6.45, 7) is 0.455. The molecule has 0 radical (unpaired) electrons.